The van der Waals surface area contributed by atoms with Crippen LogP contribution in [0.25, 0.3) is 16.8 Å². The van der Waals surface area contributed by atoms with Crippen molar-refractivity contribution in [3.8, 4) is 5.75 Å². The average Bonchev–Trinajstić information content (AvgIpc) is 2.76. The van der Waals surface area contributed by atoms with E-state index < -0.39 is 0 Å². The van der Waals surface area contributed by atoms with Gasteiger partial charge in [0.25, 0.3) is 0 Å². The first kappa shape index (κ1) is 21.3. The minimum absolute atomic E-state index is 0.0394. The van der Waals surface area contributed by atoms with Crippen LogP contribution in [0.3, 0.4) is 0 Å². The molecule has 0 heterocycles. The lowest BCUT2D eigenvalue weighted by atomic mass is 9.95. The first-order valence-electron chi connectivity index (χ1n) is 9.93. The van der Waals surface area contributed by atoms with Crippen molar-refractivity contribution >= 4 is 28.6 Å². The molecule has 0 saturated carbocycles. The first-order chi connectivity index (χ1) is 14.3. The number of rotatable bonds is 6. The van der Waals surface area contributed by atoms with Crippen LogP contribution in [0.4, 0.5) is 0 Å². The summed E-state index contributed by atoms with van der Waals surface area (Å²) in [6.45, 7) is 7.87. The summed E-state index contributed by atoms with van der Waals surface area (Å²) in [6, 6.07) is 15.0. The molecule has 0 N–H and O–H groups in total. The number of aryl methyl sites for hydroxylation is 2. The summed E-state index contributed by atoms with van der Waals surface area (Å²) in [5.41, 5.74) is 4.73. The van der Waals surface area contributed by atoms with Crippen LogP contribution in [-0.4, -0.2) is 25.5 Å². The summed E-state index contributed by atoms with van der Waals surface area (Å²) in [6.07, 6.45) is 1.75. The van der Waals surface area contributed by atoms with Crippen molar-refractivity contribution in [1.29, 1.82) is 0 Å². The number of ether oxygens (including phenoxy) is 2. The van der Waals surface area contributed by atoms with E-state index in [0.29, 0.717) is 23.3 Å². The van der Waals surface area contributed by atoms with Crippen molar-refractivity contribution in [1.82, 2.24) is 0 Å². The molecule has 0 saturated heterocycles. The fraction of sp³-hybridized carbons (Fsp3) is 0.231. The topological polar surface area (TPSA) is 52.6 Å². The van der Waals surface area contributed by atoms with Gasteiger partial charge in [-0.05, 0) is 73.4 Å². The largest absolute Gasteiger partial charge is 0.496 e. The highest BCUT2D eigenvalue weighted by molar-refractivity contribution is 6.11. The molecule has 0 aliphatic carbocycles. The predicted octanol–water partition coefficient (Wildman–Crippen LogP) is 5.66. The SMILES string of the molecule is CCOC(=O)C(C)=Cc1ccc(C(=O)c2ccc3c(C)c(OC)cc(C)c3c2)cc1. The lowest BCUT2D eigenvalue weighted by Gasteiger charge is -2.12. The van der Waals surface area contributed by atoms with E-state index in [4.69, 9.17) is 9.47 Å². The van der Waals surface area contributed by atoms with E-state index in [1.54, 1.807) is 39.2 Å². The van der Waals surface area contributed by atoms with Crippen molar-refractivity contribution in [2.45, 2.75) is 27.7 Å². The Morgan fingerprint density at radius 1 is 0.933 bits per heavy atom. The maximum atomic E-state index is 13.0. The normalized spacial score (nSPS) is 11.4. The van der Waals surface area contributed by atoms with Gasteiger partial charge in [-0.3, -0.25) is 4.79 Å². The molecule has 0 aliphatic rings. The molecule has 0 aliphatic heterocycles. The predicted molar refractivity (Wildman–Crippen MR) is 120 cm³/mol. The number of hydrogen-bond acceptors (Lipinski definition) is 4. The third-order valence-corrected chi connectivity index (χ3v) is 5.20. The quantitative estimate of drug-likeness (QED) is 0.303. The second-order valence-electron chi connectivity index (χ2n) is 7.28. The van der Waals surface area contributed by atoms with Gasteiger partial charge in [0.2, 0.25) is 0 Å². The summed E-state index contributed by atoms with van der Waals surface area (Å²) < 4.78 is 10.4. The van der Waals surface area contributed by atoms with Crippen LogP contribution < -0.4 is 4.74 Å². The number of hydrogen-bond donors (Lipinski definition) is 0. The molecule has 3 rings (SSSR count). The second-order valence-corrected chi connectivity index (χ2v) is 7.28. The molecule has 0 spiro atoms. The third-order valence-electron chi connectivity index (χ3n) is 5.20. The Kier molecular flexibility index (Phi) is 6.36. The van der Waals surface area contributed by atoms with Gasteiger partial charge < -0.3 is 9.47 Å². The summed E-state index contributed by atoms with van der Waals surface area (Å²) in [5.74, 6) is 0.472. The van der Waals surface area contributed by atoms with Crippen LogP contribution in [0.5, 0.6) is 5.75 Å². The van der Waals surface area contributed by atoms with E-state index in [0.717, 1.165) is 33.2 Å². The zero-order chi connectivity index (χ0) is 21.8. The number of carbonyl (C=O) groups is 2. The van der Waals surface area contributed by atoms with Gasteiger partial charge in [-0.2, -0.15) is 0 Å². The number of methoxy groups -OCH3 is 1. The van der Waals surface area contributed by atoms with Gasteiger partial charge in [-0.1, -0.05) is 36.4 Å². The molecular formula is C26H26O4. The molecule has 0 bridgehead atoms. The highest BCUT2D eigenvalue weighted by Gasteiger charge is 2.13. The van der Waals surface area contributed by atoms with E-state index in [-0.39, 0.29) is 11.8 Å². The van der Waals surface area contributed by atoms with Gasteiger partial charge in [0, 0.05) is 16.7 Å². The van der Waals surface area contributed by atoms with Crippen LogP contribution >= 0.6 is 0 Å². The highest BCUT2D eigenvalue weighted by Crippen LogP contribution is 2.31. The Hall–Kier alpha value is -3.40. The summed E-state index contributed by atoms with van der Waals surface area (Å²) in [5, 5.41) is 2.13. The Bertz CT molecular complexity index is 1140. The third kappa shape index (κ3) is 4.28. The maximum absolute atomic E-state index is 13.0. The number of fused-ring (bicyclic) bond motifs is 1. The van der Waals surface area contributed by atoms with E-state index in [1.165, 1.54) is 0 Å². The zero-order valence-corrected chi connectivity index (χ0v) is 18.0. The van der Waals surface area contributed by atoms with E-state index in [9.17, 15) is 9.59 Å². The molecular weight excluding hydrogens is 376 g/mol. The summed E-state index contributed by atoms with van der Waals surface area (Å²) in [7, 11) is 1.67. The van der Waals surface area contributed by atoms with Crippen molar-refractivity contribution in [2.75, 3.05) is 13.7 Å². The molecule has 4 nitrogen and oxygen atoms in total. The number of carbonyl (C=O) groups excluding carboxylic acids is 2. The van der Waals surface area contributed by atoms with Gasteiger partial charge in [0.15, 0.2) is 5.78 Å². The number of esters is 1. The number of ketones is 1. The minimum atomic E-state index is -0.337. The monoisotopic (exact) mass is 402 g/mol. The van der Waals surface area contributed by atoms with Crippen molar-refractivity contribution in [3.63, 3.8) is 0 Å². The van der Waals surface area contributed by atoms with E-state index in [2.05, 4.69) is 0 Å². The smallest absolute Gasteiger partial charge is 0.333 e. The van der Waals surface area contributed by atoms with Crippen LogP contribution in [0.15, 0.2) is 54.1 Å². The Balaban J connectivity index is 1.90. The molecule has 3 aromatic rings. The molecule has 4 heteroatoms. The highest BCUT2D eigenvalue weighted by atomic mass is 16.5. The lowest BCUT2D eigenvalue weighted by molar-refractivity contribution is -0.138. The molecule has 3 aromatic carbocycles. The minimum Gasteiger partial charge on any atom is -0.496 e. The van der Waals surface area contributed by atoms with Crippen molar-refractivity contribution in [3.05, 3.63) is 81.9 Å². The standard InChI is InChI=1S/C26H26O4/c1-6-30-26(28)17(3)13-19-7-9-20(10-8-19)25(27)21-11-12-22-18(4)24(29-5)14-16(2)23(22)15-21/h7-15H,6H2,1-5H3. The number of benzene rings is 3. The molecule has 0 unspecified atom stereocenters. The lowest BCUT2D eigenvalue weighted by Crippen LogP contribution is -2.05. The molecule has 0 aromatic heterocycles. The Labute approximate surface area is 177 Å². The van der Waals surface area contributed by atoms with Gasteiger partial charge >= 0.3 is 5.97 Å². The molecule has 0 amide bonds. The first-order valence-corrected chi connectivity index (χ1v) is 9.93. The van der Waals surface area contributed by atoms with Crippen molar-refractivity contribution in [2.24, 2.45) is 0 Å². The Morgan fingerprint density at radius 2 is 1.60 bits per heavy atom. The maximum Gasteiger partial charge on any atom is 0.333 e. The van der Waals surface area contributed by atoms with Crippen LogP contribution in [-0.2, 0) is 9.53 Å². The van der Waals surface area contributed by atoms with Gasteiger partial charge in [0.1, 0.15) is 5.75 Å². The molecule has 154 valence electrons. The van der Waals surface area contributed by atoms with Crippen LogP contribution in [0.1, 0.15) is 46.5 Å². The van der Waals surface area contributed by atoms with E-state index >= 15 is 0 Å². The molecule has 30 heavy (non-hydrogen) atoms. The van der Waals surface area contributed by atoms with Crippen molar-refractivity contribution < 1.29 is 19.1 Å². The molecule has 0 fully saturated rings. The van der Waals surface area contributed by atoms with E-state index in [1.807, 2.05) is 50.2 Å². The van der Waals surface area contributed by atoms with Gasteiger partial charge in [-0.15, -0.1) is 0 Å². The molecule has 0 atom stereocenters. The summed E-state index contributed by atoms with van der Waals surface area (Å²) in [4.78, 5) is 24.8. The molecule has 0 radical (unpaired) electrons. The van der Waals surface area contributed by atoms with Crippen LogP contribution in [0.2, 0.25) is 0 Å². The fourth-order valence-electron chi connectivity index (χ4n) is 3.52. The average molecular weight is 402 g/mol. The summed E-state index contributed by atoms with van der Waals surface area (Å²) >= 11 is 0. The fourth-order valence-corrected chi connectivity index (χ4v) is 3.52. The second kappa shape index (κ2) is 8.95. The van der Waals surface area contributed by atoms with Crippen LogP contribution in [0, 0.1) is 13.8 Å². The zero-order valence-electron chi connectivity index (χ0n) is 18.0. The van der Waals surface area contributed by atoms with Gasteiger partial charge in [0.05, 0.1) is 13.7 Å². The van der Waals surface area contributed by atoms with Gasteiger partial charge in [-0.25, -0.2) is 4.79 Å². The Morgan fingerprint density at radius 3 is 2.23 bits per heavy atom.